The lowest BCUT2D eigenvalue weighted by Gasteiger charge is -2.32. The van der Waals surface area contributed by atoms with Crippen LogP contribution in [0.15, 0.2) is 6.20 Å². The van der Waals surface area contributed by atoms with Crippen molar-refractivity contribution in [2.24, 2.45) is 5.92 Å². The predicted molar refractivity (Wildman–Crippen MR) is 90.3 cm³/mol. The van der Waals surface area contributed by atoms with E-state index in [1.807, 2.05) is 13.1 Å². The van der Waals surface area contributed by atoms with E-state index in [1.165, 1.54) is 10.6 Å². The van der Waals surface area contributed by atoms with E-state index in [4.69, 9.17) is 9.47 Å². The second-order valence-corrected chi connectivity index (χ2v) is 8.69. The van der Waals surface area contributed by atoms with Crippen molar-refractivity contribution in [3.8, 4) is 0 Å². The second-order valence-electron chi connectivity index (χ2n) is 6.70. The van der Waals surface area contributed by atoms with Crippen molar-refractivity contribution in [3.63, 3.8) is 0 Å². The van der Waals surface area contributed by atoms with E-state index in [-0.39, 0.29) is 5.92 Å². The average molecular weight is 357 g/mol. The number of nitrogens with zero attached hydrogens (tertiary/aromatic N) is 3. The highest BCUT2D eigenvalue weighted by Gasteiger charge is 2.34. The van der Waals surface area contributed by atoms with Gasteiger partial charge in [-0.05, 0) is 25.7 Å². The van der Waals surface area contributed by atoms with Gasteiger partial charge in [-0.2, -0.15) is 9.40 Å². The summed E-state index contributed by atoms with van der Waals surface area (Å²) in [4.78, 5) is 0. The largest absolute Gasteiger partial charge is 0.381 e. The van der Waals surface area contributed by atoms with Gasteiger partial charge in [-0.1, -0.05) is 0 Å². The van der Waals surface area contributed by atoms with E-state index in [0.717, 1.165) is 43.9 Å². The predicted octanol–water partition coefficient (Wildman–Crippen LogP) is 1.20. The molecule has 1 fully saturated rings. The van der Waals surface area contributed by atoms with Crippen LogP contribution in [0.5, 0.6) is 0 Å². The van der Waals surface area contributed by atoms with Gasteiger partial charge in [0.1, 0.15) is 0 Å². The first kappa shape index (κ1) is 17.8. The van der Waals surface area contributed by atoms with Gasteiger partial charge >= 0.3 is 0 Å². The third-order valence-corrected chi connectivity index (χ3v) is 6.10. The van der Waals surface area contributed by atoms with Crippen LogP contribution >= 0.6 is 0 Å². The fourth-order valence-electron chi connectivity index (χ4n) is 3.58. The highest BCUT2D eigenvalue weighted by molar-refractivity contribution is 7.88. The van der Waals surface area contributed by atoms with Gasteiger partial charge in [-0.15, -0.1) is 0 Å². The first-order chi connectivity index (χ1) is 11.5. The van der Waals surface area contributed by atoms with Gasteiger partial charge < -0.3 is 9.47 Å². The molecule has 1 saturated heterocycles. The molecule has 0 aliphatic carbocycles. The first-order valence-corrected chi connectivity index (χ1v) is 10.5. The van der Waals surface area contributed by atoms with Crippen LogP contribution < -0.4 is 0 Å². The molecule has 1 atom stereocenters. The van der Waals surface area contributed by atoms with Crippen molar-refractivity contribution in [1.29, 1.82) is 0 Å². The minimum atomic E-state index is -3.22. The average Bonchev–Trinajstić information content (AvgIpc) is 2.96. The molecule has 0 N–H and O–H groups in total. The standard InChI is InChI=1S/C16H27N3O4S/c1-3-22-12-15-11-18(24(2,20)21)10-14-8-17-19(16(14)15)9-13-4-6-23-7-5-13/h8,13,15H,3-7,9-12H2,1-2H3. The number of sulfonamides is 1. The second kappa shape index (κ2) is 7.51. The normalized spacial score (nSPS) is 23.3. The Labute approximate surface area is 144 Å². The quantitative estimate of drug-likeness (QED) is 0.765. The van der Waals surface area contributed by atoms with Crippen LogP contribution in [0.25, 0.3) is 0 Å². The number of rotatable bonds is 6. The summed E-state index contributed by atoms with van der Waals surface area (Å²) in [6, 6.07) is 0. The Hall–Kier alpha value is -0.960. The lowest BCUT2D eigenvalue weighted by molar-refractivity contribution is 0.0590. The van der Waals surface area contributed by atoms with Crippen LogP contribution in [0.1, 0.15) is 36.9 Å². The van der Waals surface area contributed by atoms with Crippen LogP contribution in [0.3, 0.4) is 0 Å². The topological polar surface area (TPSA) is 73.7 Å². The van der Waals surface area contributed by atoms with Gasteiger partial charge in [0, 0.05) is 56.6 Å². The van der Waals surface area contributed by atoms with Crippen molar-refractivity contribution in [3.05, 3.63) is 17.5 Å². The fourth-order valence-corrected chi connectivity index (χ4v) is 4.40. The van der Waals surface area contributed by atoms with Gasteiger partial charge in [-0.25, -0.2) is 8.42 Å². The maximum atomic E-state index is 12.0. The summed E-state index contributed by atoms with van der Waals surface area (Å²) in [7, 11) is -3.22. The van der Waals surface area contributed by atoms with E-state index >= 15 is 0 Å². The lowest BCUT2D eigenvalue weighted by Crippen LogP contribution is -2.39. The monoisotopic (exact) mass is 357 g/mol. The summed E-state index contributed by atoms with van der Waals surface area (Å²) in [6.07, 6.45) is 5.20. The highest BCUT2D eigenvalue weighted by atomic mass is 32.2. The van der Waals surface area contributed by atoms with Crippen molar-refractivity contribution in [2.75, 3.05) is 39.2 Å². The Morgan fingerprint density at radius 2 is 2.12 bits per heavy atom. The molecule has 0 aromatic carbocycles. The summed E-state index contributed by atoms with van der Waals surface area (Å²) < 4.78 is 38.6. The molecule has 2 aliphatic rings. The zero-order chi connectivity index (χ0) is 17.2. The van der Waals surface area contributed by atoms with Crippen molar-refractivity contribution in [2.45, 2.75) is 38.8 Å². The van der Waals surface area contributed by atoms with Crippen LogP contribution in [0.4, 0.5) is 0 Å². The van der Waals surface area contributed by atoms with Crippen molar-refractivity contribution >= 4 is 10.0 Å². The molecule has 24 heavy (non-hydrogen) atoms. The molecule has 0 radical (unpaired) electrons. The first-order valence-electron chi connectivity index (χ1n) is 8.64. The summed E-state index contributed by atoms with van der Waals surface area (Å²) in [6.45, 7) is 6.48. The maximum absolute atomic E-state index is 12.0. The number of hydrogen-bond acceptors (Lipinski definition) is 5. The molecule has 3 heterocycles. The molecular formula is C16H27N3O4S. The molecule has 0 spiro atoms. The Morgan fingerprint density at radius 3 is 2.79 bits per heavy atom. The molecular weight excluding hydrogens is 330 g/mol. The summed E-state index contributed by atoms with van der Waals surface area (Å²) in [5.41, 5.74) is 2.15. The van der Waals surface area contributed by atoms with E-state index in [0.29, 0.717) is 32.2 Å². The van der Waals surface area contributed by atoms with Crippen LogP contribution in [-0.4, -0.2) is 61.7 Å². The molecule has 0 saturated carbocycles. The molecule has 0 bridgehead atoms. The minimum Gasteiger partial charge on any atom is -0.381 e. The number of aromatic nitrogens is 2. The zero-order valence-electron chi connectivity index (χ0n) is 14.5. The smallest absolute Gasteiger partial charge is 0.211 e. The molecule has 136 valence electrons. The van der Waals surface area contributed by atoms with Gasteiger partial charge in [0.15, 0.2) is 0 Å². The van der Waals surface area contributed by atoms with Crippen LogP contribution in [-0.2, 0) is 32.6 Å². The number of ether oxygens (including phenoxy) is 2. The zero-order valence-corrected chi connectivity index (χ0v) is 15.3. The third-order valence-electron chi connectivity index (χ3n) is 4.88. The van der Waals surface area contributed by atoms with E-state index < -0.39 is 10.0 Å². The molecule has 2 aliphatic heterocycles. The van der Waals surface area contributed by atoms with E-state index in [9.17, 15) is 8.42 Å². The molecule has 1 unspecified atom stereocenters. The number of hydrogen-bond donors (Lipinski definition) is 0. The van der Waals surface area contributed by atoms with E-state index in [2.05, 4.69) is 9.78 Å². The SMILES string of the molecule is CCOCC1CN(S(C)(=O)=O)Cc2cnn(CC3CCOCC3)c21. The summed E-state index contributed by atoms with van der Waals surface area (Å²) in [5.74, 6) is 0.606. The number of fused-ring (bicyclic) bond motifs is 1. The summed E-state index contributed by atoms with van der Waals surface area (Å²) >= 11 is 0. The molecule has 8 heteroatoms. The Bertz CT molecular complexity index is 652. The van der Waals surface area contributed by atoms with Crippen molar-refractivity contribution < 1.29 is 17.9 Å². The summed E-state index contributed by atoms with van der Waals surface area (Å²) in [5, 5.41) is 4.57. The molecule has 1 aromatic rings. The maximum Gasteiger partial charge on any atom is 0.211 e. The van der Waals surface area contributed by atoms with Gasteiger partial charge in [0.05, 0.1) is 19.1 Å². The molecule has 1 aromatic heterocycles. The lowest BCUT2D eigenvalue weighted by atomic mass is 9.96. The van der Waals surface area contributed by atoms with Crippen LogP contribution in [0, 0.1) is 5.92 Å². The van der Waals surface area contributed by atoms with Crippen molar-refractivity contribution in [1.82, 2.24) is 14.1 Å². The van der Waals surface area contributed by atoms with Gasteiger partial charge in [0.25, 0.3) is 0 Å². The molecule has 3 rings (SSSR count). The third kappa shape index (κ3) is 3.99. The Balaban J connectivity index is 1.83. The highest BCUT2D eigenvalue weighted by Crippen LogP contribution is 2.31. The molecule has 7 nitrogen and oxygen atoms in total. The molecule has 0 amide bonds. The fraction of sp³-hybridized carbons (Fsp3) is 0.812. The van der Waals surface area contributed by atoms with Gasteiger partial charge in [0.2, 0.25) is 10.0 Å². The van der Waals surface area contributed by atoms with Crippen LogP contribution in [0.2, 0.25) is 0 Å². The minimum absolute atomic E-state index is 0.0331. The Kier molecular flexibility index (Phi) is 5.59. The Morgan fingerprint density at radius 1 is 1.38 bits per heavy atom. The van der Waals surface area contributed by atoms with E-state index in [1.54, 1.807) is 0 Å². The van der Waals surface area contributed by atoms with Gasteiger partial charge in [-0.3, -0.25) is 4.68 Å².